The Morgan fingerprint density at radius 2 is 1.68 bits per heavy atom. The van der Waals surface area contributed by atoms with Gasteiger partial charge < -0.3 is 10.6 Å². The van der Waals surface area contributed by atoms with E-state index < -0.39 is 0 Å². The smallest absolute Gasteiger partial charge is 0.256 e. The Bertz CT molecular complexity index is 989. The second-order valence-corrected chi connectivity index (χ2v) is 6.74. The fourth-order valence-electron chi connectivity index (χ4n) is 3.12. The molecule has 2 aromatic carbocycles. The molecule has 1 aliphatic rings. The van der Waals surface area contributed by atoms with E-state index in [0.29, 0.717) is 17.1 Å². The summed E-state index contributed by atoms with van der Waals surface area (Å²) in [5, 5.41) is 5.55. The summed E-state index contributed by atoms with van der Waals surface area (Å²) in [4.78, 5) is 28.7. The Labute approximate surface area is 161 Å². The van der Waals surface area contributed by atoms with Crippen LogP contribution in [0.5, 0.6) is 0 Å². The number of halogens is 1. The third-order valence-corrected chi connectivity index (χ3v) is 4.73. The molecule has 28 heavy (non-hydrogen) atoms. The molecule has 2 amide bonds. The largest absolute Gasteiger partial charge is 0.324 e. The van der Waals surface area contributed by atoms with E-state index in [2.05, 4.69) is 15.6 Å². The van der Waals surface area contributed by atoms with Gasteiger partial charge in [-0.25, -0.2) is 9.37 Å². The summed E-state index contributed by atoms with van der Waals surface area (Å²) in [6.45, 7) is 0. The molecule has 0 aliphatic heterocycles. The molecule has 1 fully saturated rings. The number of aromatic nitrogens is 1. The highest BCUT2D eigenvalue weighted by Gasteiger charge is 2.43. The first-order valence-electron chi connectivity index (χ1n) is 8.99. The fraction of sp³-hybridized carbons (Fsp3) is 0.136. The van der Waals surface area contributed by atoms with Gasteiger partial charge in [0.2, 0.25) is 5.91 Å². The molecule has 0 unspecified atom stereocenters. The number of rotatable bonds is 5. The lowest BCUT2D eigenvalue weighted by molar-refractivity contribution is -0.117. The lowest BCUT2D eigenvalue weighted by Crippen LogP contribution is -2.15. The molecule has 140 valence electrons. The zero-order valence-corrected chi connectivity index (χ0v) is 14.9. The maximum Gasteiger partial charge on any atom is 0.256 e. The van der Waals surface area contributed by atoms with Gasteiger partial charge in [0, 0.05) is 11.5 Å². The van der Waals surface area contributed by atoms with E-state index >= 15 is 0 Å². The minimum atomic E-state index is -0.282. The van der Waals surface area contributed by atoms with E-state index in [-0.39, 0.29) is 29.5 Å². The Morgan fingerprint density at radius 1 is 0.929 bits per heavy atom. The van der Waals surface area contributed by atoms with Crippen molar-refractivity contribution in [2.75, 3.05) is 10.6 Å². The standard InChI is InChI=1S/C22H18FN3O2/c23-16-8-6-14(7-9-16)18-12-19(18)22(28)25-17-10-11-20(24-13-17)26-21(27)15-4-2-1-3-5-15/h1-11,13,18-19H,12H2,(H,25,28)(H,24,26,27)/t18-,19+/m0/s1. The molecule has 0 bridgehead atoms. The van der Waals surface area contributed by atoms with Crippen molar-refractivity contribution in [2.24, 2.45) is 5.92 Å². The molecule has 2 N–H and O–H groups in total. The lowest BCUT2D eigenvalue weighted by Gasteiger charge is -2.07. The first kappa shape index (κ1) is 17.9. The van der Waals surface area contributed by atoms with E-state index in [1.165, 1.54) is 18.3 Å². The lowest BCUT2D eigenvalue weighted by atomic mass is 10.1. The topological polar surface area (TPSA) is 71.1 Å². The maximum absolute atomic E-state index is 13.0. The van der Waals surface area contributed by atoms with E-state index in [1.54, 1.807) is 48.5 Å². The van der Waals surface area contributed by atoms with E-state index in [0.717, 1.165) is 12.0 Å². The van der Waals surface area contributed by atoms with Crippen molar-refractivity contribution >= 4 is 23.3 Å². The molecule has 2 atom stereocenters. The maximum atomic E-state index is 13.0. The number of hydrogen-bond donors (Lipinski definition) is 2. The summed E-state index contributed by atoms with van der Waals surface area (Å²) >= 11 is 0. The van der Waals surface area contributed by atoms with Crippen molar-refractivity contribution in [3.63, 3.8) is 0 Å². The van der Waals surface area contributed by atoms with Crippen LogP contribution in [0, 0.1) is 11.7 Å². The number of benzene rings is 2. The molecule has 1 aliphatic carbocycles. The quantitative estimate of drug-likeness (QED) is 0.702. The number of anilines is 2. The minimum Gasteiger partial charge on any atom is -0.324 e. The molecule has 1 saturated carbocycles. The van der Waals surface area contributed by atoms with Crippen LogP contribution in [-0.4, -0.2) is 16.8 Å². The van der Waals surface area contributed by atoms with Gasteiger partial charge in [0.05, 0.1) is 11.9 Å². The summed E-state index contributed by atoms with van der Waals surface area (Å²) in [6.07, 6.45) is 2.25. The van der Waals surface area contributed by atoms with Crippen LogP contribution in [-0.2, 0) is 4.79 Å². The summed E-state index contributed by atoms with van der Waals surface area (Å²) in [5.74, 6) is -0.207. The van der Waals surface area contributed by atoms with Gasteiger partial charge in [-0.15, -0.1) is 0 Å². The van der Waals surface area contributed by atoms with Crippen LogP contribution in [0.3, 0.4) is 0 Å². The minimum absolute atomic E-state index is 0.0859. The molecular weight excluding hydrogens is 357 g/mol. The van der Waals surface area contributed by atoms with Crippen LogP contribution in [0.25, 0.3) is 0 Å². The molecule has 0 radical (unpaired) electrons. The number of hydrogen-bond acceptors (Lipinski definition) is 3. The van der Waals surface area contributed by atoms with Crippen LogP contribution in [0.15, 0.2) is 72.9 Å². The number of carbonyl (C=O) groups excluding carboxylic acids is 2. The number of carbonyl (C=O) groups is 2. The highest BCUT2D eigenvalue weighted by atomic mass is 19.1. The average molecular weight is 375 g/mol. The molecule has 0 spiro atoms. The van der Waals surface area contributed by atoms with Crippen molar-refractivity contribution in [1.82, 2.24) is 4.98 Å². The van der Waals surface area contributed by atoms with Gasteiger partial charge in [-0.2, -0.15) is 0 Å². The molecule has 1 heterocycles. The fourth-order valence-corrected chi connectivity index (χ4v) is 3.12. The van der Waals surface area contributed by atoms with Crippen molar-refractivity contribution in [1.29, 1.82) is 0 Å². The molecule has 1 aromatic heterocycles. The number of nitrogens with zero attached hydrogens (tertiary/aromatic N) is 1. The molecule has 6 heteroatoms. The number of amides is 2. The summed E-state index contributed by atoms with van der Waals surface area (Å²) in [7, 11) is 0. The third kappa shape index (κ3) is 4.06. The predicted octanol–water partition coefficient (Wildman–Crippen LogP) is 4.22. The molecule has 0 saturated heterocycles. The van der Waals surface area contributed by atoms with Gasteiger partial charge >= 0.3 is 0 Å². The summed E-state index contributed by atoms with van der Waals surface area (Å²) < 4.78 is 13.0. The Morgan fingerprint density at radius 3 is 2.36 bits per heavy atom. The number of nitrogens with one attached hydrogen (secondary N) is 2. The van der Waals surface area contributed by atoms with Crippen LogP contribution >= 0.6 is 0 Å². The van der Waals surface area contributed by atoms with Crippen LogP contribution < -0.4 is 10.6 Å². The number of pyridine rings is 1. The SMILES string of the molecule is O=C(Nc1ccc(NC(=O)[C@@H]2C[C@H]2c2ccc(F)cc2)cn1)c1ccccc1. The monoisotopic (exact) mass is 375 g/mol. The summed E-state index contributed by atoms with van der Waals surface area (Å²) in [5.41, 5.74) is 2.08. The van der Waals surface area contributed by atoms with E-state index in [4.69, 9.17) is 0 Å². The zero-order valence-electron chi connectivity index (χ0n) is 14.9. The highest BCUT2D eigenvalue weighted by Crippen LogP contribution is 2.47. The van der Waals surface area contributed by atoms with Gasteiger partial charge in [-0.3, -0.25) is 9.59 Å². The van der Waals surface area contributed by atoms with Gasteiger partial charge in [0.1, 0.15) is 11.6 Å². The highest BCUT2D eigenvalue weighted by molar-refractivity contribution is 6.03. The predicted molar refractivity (Wildman–Crippen MR) is 105 cm³/mol. The first-order chi connectivity index (χ1) is 13.6. The van der Waals surface area contributed by atoms with Crippen LogP contribution in [0.2, 0.25) is 0 Å². The van der Waals surface area contributed by atoms with Gasteiger partial charge in [-0.05, 0) is 54.3 Å². The van der Waals surface area contributed by atoms with Crippen molar-refractivity contribution in [3.05, 3.63) is 89.9 Å². The van der Waals surface area contributed by atoms with E-state index in [1.807, 2.05) is 6.07 Å². The van der Waals surface area contributed by atoms with Gasteiger partial charge in [0.15, 0.2) is 0 Å². The molecule has 5 nitrogen and oxygen atoms in total. The second-order valence-electron chi connectivity index (χ2n) is 6.74. The van der Waals surface area contributed by atoms with E-state index in [9.17, 15) is 14.0 Å². The van der Waals surface area contributed by atoms with Gasteiger partial charge in [-0.1, -0.05) is 30.3 Å². The van der Waals surface area contributed by atoms with Crippen LogP contribution in [0.1, 0.15) is 28.3 Å². The normalized spacial score (nSPS) is 17.6. The first-order valence-corrected chi connectivity index (χ1v) is 8.99. The van der Waals surface area contributed by atoms with Gasteiger partial charge in [0.25, 0.3) is 5.91 Å². The molecule has 3 aromatic rings. The molecular formula is C22H18FN3O2. The third-order valence-electron chi connectivity index (χ3n) is 4.73. The zero-order chi connectivity index (χ0) is 19.5. The van der Waals surface area contributed by atoms with Crippen molar-refractivity contribution in [2.45, 2.75) is 12.3 Å². The average Bonchev–Trinajstić information content (AvgIpc) is 3.52. The summed E-state index contributed by atoms with van der Waals surface area (Å²) in [6, 6.07) is 18.5. The Balaban J connectivity index is 1.33. The molecule has 4 rings (SSSR count). The Kier molecular flexibility index (Phi) is 4.85. The van der Waals surface area contributed by atoms with Crippen molar-refractivity contribution < 1.29 is 14.0 Å². The Hall–Kier alpha value is -3.54. The second kappa shape index (κ2) is 7.60. The van der Waals surface area contributed by atoms with Crippen molar-refractivity contribution in [3.8, 4) is 0 Å². The van der Waals surface area contributed by atoms with Crippen LogP contribution in [0.4, 0.5) is 15.9 Å².